The van der Waals surface area contributed by atoms with Gasteiger partial charge < -0.3 is 9.47 Å². The van der Waals surface area contributed by atoms with Crippen molar-refractivity contribution in [3.05, 3.63) is 118 Å². The third-order valence-electron chi connectivity index (χ3n) is 8.16. The molecule has 0 amide bonds. The molecule has 11 heteroatoms. The number of hydrogen-bond donors (Lipinski definition) is 0. The van der Waals surface area contributed by atoms with Crippen molar-refractivity contribution < 1.29 is 49.0 Å². The molecule has 0 atom stereocenters. The van der Waals surface area contributed by atoms with E-state index in [0.29, 0.717) is 67.5 Å². The van der Waals surface area contributed by atoms with Crippen LogP contribution in [0.25, 0.3) is 11.1 Å². The van der Waals surface area contributed by atoms with Gasteiger partial charge in [-0.05, 0) is 115 Å². The minimum Gasteiger partial charge on any atom is -0.487 e. The van der Waals surface area contributed by atoms with Gasteiger partial charge in [-0.2, -0.15) is 0 Å². The minimum atomic E-state index is -1.71. The van der Waals surface area contributed by atoms with E-state index in [1.165, 1.54) is 12.1 Å². The summed E-state index contributed by atoms with van der Waals surface area (Å²) in [6.07, 6.45) is 3.52. The summed E-state index contributed by atoms with van der Waals surface area (Å²) >= 11 is 0. The van der Waals surface area contributed by atoms with Gasteiger partial charge in [-0.3, -0.25) is 0 Å². The van der Waals surface area contributed by atoms with Gasteiger partial charge in [0.05, 0.1) is 12.2 Å². The molecule has 46 heavy (non-hydrogen) atoms. The molecule has 0 heterocycles. The molecule has 244 valence electrons. The molecule has 5 rings (SSSR count). The highest BCUT2D eigenvalue weighted by molar-refractivity contribution is 5.66. The van der Waals surface area contributed by atoms with Gasteiger partial charge in [-0.15, -0.1) is 0 Å². The fourth-order valence-electron chi connectivity index (χ4n) is 5.84. The van der Waals surface area contributed by atoms with E-state index in [-0.39, 0.29) is 24.0 Å². The van der Waals surface area contributed by atoms with E-state index in [4.69, 9.17) is 9.47 Å². The number of hydrogen-bond acceptors (Lipinski definition) is 2. The van der Waals surface area contributed by atoms with Crippen LogP contribution in [0.1, 0.15) is 61.6 Å². The van der Waals surface area contributed by atoms with Crippen molar-refractivity contribution in [1.29, 1.82) is 0 Å². The lowest BCUT2D eigenvalue weighted by Crippen LogP contribution is -2.20. The van der Waals surface area contributed by atoms with Crippen LogP contribution in [0.15, 0.2) is 48.5 Å². The molecule has 1 fully saturated rings. The van der Waals surface area contributed by atoms with Crippen LogP contribution in [0.4, 0.5) is 39.5 Å². The first-order valence-electron chi connectivity index (χ1n) is 14.8. The molecule has 1 saturated carbocycles. The van der Waals surface area contributed by atoms with Gasteiger partial charge in [0.25, 0.3) is 0 Å². The number of benzene rings is 4. The van der Waals surface area contributed by atoms with Crippen LogP contribution < -0.4 is 9.47 Å². The predicted molar refractivity (Wildman–Crippen MR) is 153 cm³/mol. The van der Waals surface area contributed by atoms with Crippen molar-refractivity contribution in [3.8, 4) is 22.6 Å². The second kappa shape index (κ2) is 14.1. The van der Waals surface area contributed by atoms with Gasteiger partial charge in [0.2, 0.25) is 0 Å². The monoisotopic (exact) mass is 652 g/mol. The maximum atomic E-state index is 15.2. The molecule has 0 unspecified atom stereocenters. The van der Waals surface area contributed by atoms with Crippen molar-refractivity contribution >= 4 is 0 Å². The summed E-state index contributed by atoms with van der Waals surface area (Å²) in [5.41, 5.74) is -0.430. The van der Waals surface area contributed by atoms with Gasteiger partial charge in [0.1, 0.15) is 18.2 Å². The Morgan fingerprint density at radius 3 is 1.61 bits per heavy atom. The number of rotatable bonds is 10. The van der Waals surface area contributed by atoms with Crippen LogP contribution in [-0.2, 0) is 13.0 Å². The van der Waals surface area contributed by atoms with Crippen molar-refractivity contribution in [2.45, 2.75) is 58.0 Å². The Morgan fingerprint density at radius 1 is 0.565 bits per heavy atom. The molecule has 0 radical (unpaired) electrons. The lowest BCUT2D eigenvalue weighted by atomic mass is 9.78. The van der Waals surface area contributed by atoms with E-state index >= 15 is 8.78 Å². The third-order valence-corrected chi connectivity index (χ3v) is 8.16. The van der Waals surface area contributed by atoms with E-state index in [1.807, 2.05) is 6.92 Å². The average molecular weight is 653 g/mol. The molecule has 1 aliphatic rings. The van der Waals surface area contributed by atoms with Gasteiger partial charge in [-0.1, -0.05) is 13.3 Å². The Morgan fingerprint density at radius 2 is 1.07 bits per heavy atom. The summed E-state index contributed by atoms with van der Waals surface area (Å²) in [7, 11) is 0. The molecular weight excluding hydrogens is 623 g/mol. The van der Waals surface area contributed by atoms with Gasteiger partial charge in [0, 0.05) is 0 Å². The number of aryl methyl sites for hydroxylation is 1. The standard InChI is InChI=1S/C35H29F9O2/c1-2-3-19-8-28(40)34(29(41)9-19)45-16-18-4-6-21(7-5-18)22-12-24(36)32(25(37)13-22)23-14-30(42)35(31(43)15-23)46-17-20-10-26(38)33(44)27(39)11-20/h8-15,18,21H,2-7,16-17H2,1H3/t18-,21-. The Bertz CT molecular complexity index is 1640. The normalized spacial score (nSPS) is 16.5. The zero-order chi connectivity index (χ0) is 33.1. The maximum absolute atomic E-state index is 15.2. The van der Waals surface area contributed by atoms with Crippen molar-refractivity contribution in [3.63, 3.8) is 0 Å². The maximum Gasteiger partial charge on any atom is 0.194 e. The van der Waals surface area contributed by atoms with Gasteiger partial charge >= 0.3 is 0 Å². The Hall–Kier alpha value is -4.15. The predicted octanol–water partition coefficient (Wildman–Crippen LogP) is 10.5. The highest BCUT2D eigenvalue weighted by atomic mass is 19.2. The van der Waals surface area contributed by atoms with E-state index in [1.54, 1.807) is 0 Å². The summed E-state index contributed by atoms with van der Waals surface area (Å²) in [6, 6.07) is 7.29. The lowest BCUT2D eigenvalue weighted by Gasteiger charge is -2.29. The minimum absolute atomic E-state index is 0.0212. The van der Waals surface area contributed by atoms with E-state index in [0.717, 1.165) is 18.6 Å². The summed E-state index contributed by atoms with van der Waals surface area (Å²) in [6.45, 7) is 1.28. The van der Waals surface area contributed by atoms with E-state index < -0.39 is 81.6 Å². The van der Waals surface area contributed by atoms with Crippen LogP contribution in [0.2, 0.25) is 0 Å². The van der Waals surface area contributed by atoms with E-state index in [9.17, 15) is 30.7 Å². The van der Waals surface area contributed by atoms with Crippen LogP contribution in [-0.4, -0.2) is 6.61 Å². The van der Waals surface area contributed by atoms with Crippen LogP contribution in [0, 0.1) is 58.3 Å². The van der Waals surface area contributed by atoms with E-state index in [2.05, 4.69) is 0 Å². The second-order valence-corrected chi connectivity index (χ2v) is 11.5. The van der Waals surface area contributed by atoms with Crippen molar-refractivity contribution in [1.82, 2.24) is 0 Å². The first-order valence-corrected chi connectivity index (χ1v) is 14.8. The Balaban J connectivity index is 1.23. The first kappa shape index (κ1) is 33.2. The molecular formula is C35H29F9O2. The highest BCUT2D eigenvalue weighted by Gasteiger charge is 2.27. The first-order chi connectivity index (χ1) is 21.9. The molecule has 2 nitrogen and oxygen atoms in total. The summed E-state index contributed by atoms with van der Waals surface area (Å²) < 4.78 is 139. The fraction of sp³-hybridized carbons (Fsp3) is 0.314. The molecule has 4 aromatic rings. The smallest absolute Gasteiger partial charge is 0.194 e. The summed E-state index contributed by atoms with van der Waals surface area (Å²) in [5, 5.41) is 0. The molecule has 0 bridgehead atoms. The van der Waals surface area contributed by atoms with Crippen LogP contribution in [0.3, 0.4) is 0 Å². The Labute approximate surface area is 259 Å². The summed E-state index contributed by atoms with van der Waals surface area (Å²) in [4.78, 5) is 0. The zero-order valence-electron chi connectivity index (χ0n) is 24.6. The Kier molecular flexibility index (Phi) is 10.2. The SMILES string of the molecule is CCCc1cc(F)c(OC[C@H]2CC[C@H](c3cc(F)c(-c4cc(F)c(OCc5cc(F)c(F)c(F)c5)c(F)c4)c(F)c3)CC2)c(F)c1. The molecule has 0 saturated heterocycles. The lowest BCUT2D eigenvalue weighted by molar-refractivity contribution is 0.187. The average Bonchev–Trinajstić information content (AvgIpc) is 2.99. The van der Waals surface area contributed by atoms with Crippen molar-refractivity contribution in [2.24, 2.45) is 5.92 Å². The molecule has 4 aromatic carbocycles. The molecule has 0 N–H and O–H groups in total. The number of ether oxygens (including phenoxy) is 2. The molecule has 0 spiro atoms. The highest BCUT2D eigenvalue weighted by Crippen LogP contribution is 2.40. The molecule has 0 aliphatic heterocycles. The summed E-state index contributed by atoms with van der Waals surface area (Å²) in [5.74, 6) is -12.6. The molecule has 0 aromatic heterocycles. The largest absolute Gasteiger partial charge is 0.487 e. The second-order valence-electron chi connectivity index (χ2n) is 11.5. The topological polar surface area (TPSA) is 18.5 Å². The fourth-order valence-corrected chi connectivity index (χ4v) is 5.84. The van der Waals surface area contributed by atoms with Gasteiger partial charge in [-0.25, -0.2) is 39.5 Å². The van der Waals surface area contributed by atoms with Crippen LogP contribution in [0.5, 0.6) is 11.5 Å². The molecule has 1 aliphatic carbocycles. The zero-order valence-corrected chi connectivity index (χ0v) is 24.6. The van der Waals surface area contributed by atoms with Crippen molar-refractivity contribution in [2.75, 3.05) is 6.61 Å². The third kappa shape index (κ3) is 7.29. The van der Waals surface area contributed by atoms with Crippen LogP contribution >= 0.6 is 0 Å². The van der Waals surface area contributed by atoms with Gasteiger partial charge in [0.15, 0.2) is 52.2 Å². The number of halogens is 9. The quantitative estimate of drug-likeness (QED) is 0.125.